The van der Waals surface area contributed by atoms with Crippen LogP contribution in [-0.2, 0) is 14.4 Å². The highest BCUT2D eigenvalue weighted by Crippen LogP contribution is 2.23. The number of carbonyl (C=O) groups is 3. The summed E-state index contributed by atoms with van der Waals surface area (Å²) in [7, 11) is 0. The Morgan fingerprint density at radius 2 is 1.69 bits per heavy atom. The molecule has 26 heavy (non-hydrogen) atoms. The number of halogens is 1. The molecule has 1 aliphatic rings. The van der Waals surface area contributed by atoms with Gasteiger partial charge < -0.3 is 15.5 Å². The van der Waals surface area contributed by atoms with E-state index in [1.54, 1.807) is 24.3 Å². The Kier molecular flexibility index (Phi) is 6.64. The van der Waals surface area contributed by atoms with Crippen molar-refractivity contribution in [1.29, 1.82) is 0 Å². The molecule has 1 heterocycles. The molecule has 0 radical (unpaired) electrons. The molecule has 142 valence electrons. The second kappa shape index (κ2) is 8.54. The van der Waals surface area contributed by atoms with Crippen LogP contribution in [0.3, 0.4) is 0 Å². The molecule has 1 aromatic rings. The Morgan fingerprint density at radius 3 is 2.23 bits per heavy atom. The summed E-state index contributed by atoms with van der Waals surface area (Å²) >= 11 is 5.80. The number of anilines is 1. The van der Waals surface area contributed by atoms with Gasteiger partial charge in [-0.25, -0.2) is 0 Å². The summed E-state index contributed by atoms with van der Waals surface area (Å²) in [6, 6.07) is 6.76. The van der Waals surface area contributed by atoms with Crippen LogP contribution in [0.2, 0.25) is 5.02 Å². The standard InChI is InChI=1S/C19H26ClN3O3/c1-19(2,3)18(26)23-10-8-13(9-11-23)17(25)21-12-16(24)22-15-6-4-14(20)5-7-15/h4-7,13H,8-12H2,1-3H3,(H,21,25)(H,22,24). The zero-order valence-electron chi connectivity index (χ0n) is 15.5. The van der Waals surface area contributed by atoms with E-state index < -0.39 is 5.41 Å². The van der Waals surface area contributed by atoms with Gasteiger partial charge in [0.1, 0.15) is 0 Å². The minimum absolute atomic E-state index is 0.0808. The summed E-state index contributed by atoms with van der Waals surface area (Å²) < 4.78 is 0. The van der Waals surface area contributed by atoms with Crippen LogP contribution in [0, 0.1) is 11.3 Å². The Labute approximate surface area is 159 Å². The molecule has 1 aliphatic heterocycles. The Balaban J connectivity index is 1.74. The highest BCUT2D eigenvalue weighted by Gasteiger charge is 2.32. The van der Waals surface area contributed by atoms with Gasteiger partial charge in [-0.1, -0.05) is 32.4 Å². The van der Waals surface area contributed by atoms with Gasteiger partial charge in [0, 0.05) is 35.1 Å². The molecule has 1 fully saturated rings. The summed E-state index contributed by atoms with van der Waals surface area (Å²) in [6.45, 7) is 6.76. The van der Waals surface area contributed by atoms with E-state index in [0.717, 1.165) is 0 Å². The third-order valence-electron chi connectivity index (χ3n) is 4.35. The molecule has 0 atom stereocenters. The average Bonchev–Trinajstić information content (AvgIpc) is 2.60. The van der Waals surface area contributed by atoms with Gasteiger partial charge in [0.25, 0.3) is 0 Å². The first-order valence-electron chi connectivity index (χ1n) is 8.79. The van der Waals surface area contributed by atoms with Crippen molar-refractivity contribution in [3.63, 3.8) is 0 Å². The number of piperidine rings is 1. The lowest BCUT2D eigenvalue weighted by Gasteiger charge is -2.35. The Hall–Kier alpha value is -2.08. The number of nitrogens with one attached hydrogen (secondary N) is 2. The van der Waals surface area contributed by atoms with E-state index in [-0.39, 0.29) is 30.2 Å². The lowest BCUT2D eigenvalue weighted by molar-refractivity contribution is -0.142. The zero-order chi connectivity index (χ0) is 19.3. The first-order valence-corrected chi connectivity index (χ1v) is 9.17. The number of nitrogens with zero attached hydrogens (tertiary/aromatic N) is 1. The third kappa shape index (κ3) is 5.73. The lowest BCUT2D eigenvalue weighted by Crippen LogP contribution is -2.47. The first kappa shape index (κ1) is 20.2. The maximum atomic E-state index is 12.3. The van der Waals surface area contributed by atoms with E-state index in [9.17, 15) is 14.4 Å². The quantitative estimate of drug-likeness (QED) is 0.844. The number of likely N-dealkylation sites (tertiary alicyclic amines) is 1. The second-order valence-corrected chi connectivity index (χ2v) is 8.03. The van der Waals surface area contributed by atoms with Crippen molar-refractivity contribution in [1.82, 2.24) is 10.2 Å². The van der Waals surface area contributed by atoms with Crippen LogP contribution in [0.1, 0.15) is 33.6 Å². The number of benzene rings is 1. The monoisotopic (exact) mass is 379 g/mol. The summed E-state index contributed by atoms with van der Waals surface area (Å²) in [4.78, 5) is 38.3. The van der Waals surface area contributed by atoms with Crippen LogP contribution >= 0.6 is 11.6 Å². The number of hydrogen-bond donors (Lipinski definition) is 2. The fourth-order valence-electron chi connectivity index (χ4n) is 2.87. The van der Waals surface area contributed by atoms with Crippen LogP contribution in [0.4, 0.5) is 5.69 Å². The van der Waals surface area contributed by atoms with Crippen molar-refractivity contribution in [2.75, 3.05) is 25.0 Å². The summed E-state index contributed by atoms with van der Waals surface area (Å²) in [5.41, 5.74) is 0.220. The fraction of sp³-hybridized carbons (Fsp3) is 0.526. The Bertz CT molecular complexity index is 660. The maximum Gasteiger partial charge on any atom is 0.243 e. The first-order chi connectivity index (χ1) is 12.2. The zero-order valence-corrected chi connectivity index (χ0v) is 16.2. The van der Waals surface area contributed by atoms with Gasteiger partial charge in [-0.3, -0.25) is 14.4 Å². The van der Waals surface area contributed by atoms with Gasteiger partial charge >= 0.3 is 0 Å². The number of carbonyl (C=O) groups excluding carboxylic acids is 3. The third-order valence-corrected chi connectivity index (χ3v) is 4.60. The molecule has 0 spiro atoms. The summed E-state index contributed by atoms with van der Waals surface area (Å²) in [6.07, 6.45) is 1.24. The van der Waals surface area contributed by atoms with Crippen LogP contribution in [0.25, 0.3) is 0 Å². The number of amides is 3. The molecule has 3 amide bonds. The van der Waals surface area contributed by atoms with E-state index >= 15 is 0 Å². The van der Waals surface area contributed by atoms with Gasteiger partial charge in [0.05, 0.1) is 6.54 Å². The van der Waals surface area contributed by atoms with Crippen molar-refractivity contribution < 1.29 is 14.4 Å². The smallest absolute Gasteiger partial charge is 0.243 e. The molecule has 6 nitrogen and oxygen atoms in total. The van der Waals surface area contributed by atoms with E-state index in [0.29, 0.717) is 36.6 Å². The van der Waals surface area contributed by atoms with Crippen LogP contribution in [0.5, 0.6) is 0 Å². The molecule has 0 bridgehead atoms. The lowest BCUT2D eigenvalue weighted by atomic mass is 9.90. The molecule has 0 saturated carbocycles. The van der Waals surface area contributed by atoms with Crippen molar-refractivity contribution in [3.8, 4) is 0 Å². The normalized spacial score (nSPS) is 15.5. The van der Waals surface area contributed by atoms with Crippen molar-refractivity contribution in [2.45, 2.75) is 33.6 Å². The maximum absolute atomic E-state index is 12.3. The predicted octanol–water partition coefficient (Wildman–Crippen LogP) is 2.68. The van der Waals surface area contributed by atoms with E-state index in [1.807, 2.05) is 25.7 Å². The van der Waals surface area contributed by atoms with Crippen LogP contribution < -0.4 is 10.6 Å². The highest BCUT2D eigenvalue weighted by atomic mass is 35.5. The van der Waals surface area contributed by atoms with E-state index in [1.165, 1.54) is 0 Å². The molecule has 1 aromatic carbocycles. The summed E-state index contributed by atoms with van der Waals surface area (Å²) in [5.74, 6) is -0.485. The van der Waals surface area contributed by atoms with Gasteiger partial charge in [0.2, 0.25) is 17.7 Å². The molecule has 0 unspecified atom stereocenters. The van der Waals surface area contributed by atoms with Crippen LogP contribution in [-0.4, -0.2) is 42.3 Å². The fourth-order valence-corrected chi connectivity index (χ4v) is 3.00. The Morgan fingerprint density at radius 1 is 1.12 bits per heavy atom. The molecular weight excluding hydrogens is 354 g/mol. The predicted molar refractivity (Wildman–Crippen MR) is 102 cm³/mol. The molecule has 2 rings (SSSR count). The van der Waals surface area contributed by atoms with Crippen molar-refractivity contribution in [3.05, 3.63) is 29.3 Å². The van der Waals surface area contributed by atoms with Crippen molar-refractivity contribution in [2.24, 2.45) is 11.3 Å². The average molecular weight is 380 g/mol. The van der Waals surface area contributed by atoms with E-state index in [2.05, 4.69) is 10.6 Å². The molecule has 0 aromatic heterocycles. The topological polar surface area (TPSA) is 78.5 Å². The largest absolute Gasteiger partial charge is 0.347 e. The van der Waals surface area contributed by atoms with Gasteiger partial charge in [-0.05, 0) is 37.1 Å². The number of hydrogen-bond acceptors (Lipinski definition) is 3. The second-order valence-electron chi connectivity index (χ2n) is 7.59. The molecule has 1 saturated heterocycles. The van der Waals surface area contributed by atoms with Gasteiger partial charge in [-0.15, -0.1) is 0 Å². The molecule has 7 heteroatoms. The van der Waals surface area contributed by atoms with Gasteiger partial charge in [0.15, 0.2) is 0 Å². The minimum Gasteiger partial charge on any atom is -0.347 e. The van der Waals surface area contributed by atoms with E-state index in [4.69, 9.17) is 11.6 Å². The molecule has 2 N–H and O–H groups in total. The van der Waals surface area contributed by atoms with Crippen LogP contribution in [0.15, 0.2) is 24.3 Å². The summed E-state index contributed by atoms with van der Waals surface area (Å²) in [5, 5.41) is 5.97. The number of rotatable bonds is 4. The highest BCUT2D eigenvalue weighted by molar-refractivity contribution is 6.30. The molecule has 0 aliphatic carbocycles. The van der Waals surface area contributed by atoms with Crippen molar-refractivity contribution >= 4 is 35.0 Å². The van der Waals surface area contributed by atoms with Gasteiger partial charge in [-0.2, -0.15) is 0 Å². The SMILES string of the molecule is CC(C)(C)C(=O)N1CCC(C(=O)NCC(=O)Nc2ccc(Cl)cc2)CC1. The molecular formula is C19H26ClN3O3. The minimum atomic E-state index is -0.408.